The lowest BCUT2D eigenvalue weighted by Gasteiger charge is -2.03. The second-order valence-corrected chi connectivity index (χ2v) is 2.54. The van der Waals surface area contributed by atoms with Gasteiger partial charge in [0.25, 0.3) is 0 Å². The van der Waals surface area contributed by atoms with E-state index < -0.39 is 0 Å². The first-order valence-electron chi connectivity index (χ1n) is 3.80. The van der Waals surface area contributed by atoms with Crippen LogP contribution < -0.4 is 10.5 Å². The van der Waals surface area contributed by atoms with Crippen molar-refractivity contribution < 1.29 is 4.74 Å². The van der Waals surface area contributed by atoms with E-state index in [0.717, 1.165) is 16.9 Å². The molecule has 0 amide bonds. The van der Waals surface area contributed by atoms with E-state index in [1.165, 1.54) is 0 Å². The molecule has 0 saturated carbocycles. The summed E-state index contributed by atoms with van der Waals surface area (Å²) in [4.78, 5) is 0. The molecule has 0 unspecified atom stereocenters. The minimum Gasteiger partial charge on any atom is -0.497 e. The predicted octanol–water partition coefficient (Wildman–Crippen LogP) is 1.67. The van der Waals surface area contributed by atoms with Crippen LogP contribution in [0.5, 0.6) is 5.75 Å². The van der Waals surface area contributed by atoms with Crippen molar-refractivity contribution in [3.05, 3.63) is 36.4 Å². The number of hydrogen-bond donors (Lipinski definition) is 1. The summed E-state index contributed by atoms with van der Waals surface area (Å²) in [5.41, 5.74) is 7.45. The van der Waals surface area contributed by atoms with Crippen molar-refractivity contribution in [2.45, 2.75) is 0 Å². The molecule has 0 bridgehead atoms. The van der Waals surface area contributed by atoms with Crippen molar-refractivity contribution in [1.29, 1.82) is 0 Å². The molecule has 0 spiro atoms. The molecule has 2 nitrogen and oxygen atoms in total. The van der Waals surface area contributed by atoms with E-state index >= 15 is 0 Å². The number of methoxy groups -OCH3 is 1. The topological polar surface area (TPSA) is 35.2 Å². The monoisotopic (exact) mass is 163 g/mol. The van der Waals surface area contributed by atoms with Gasteiger partial charge in [-0.3, -0.25) is 0 Å². The molecule has 0 atom stereocenters. The van der Waals surface area contributed by atoms with Gasteiger partial charge >= 0.3 is 0 Å². The Morgan fingerprint density at radius 2 is 2.00 bits per heavy atom. The van der Waals surface area contributed by atoms with Gasteiger partial charge in [-0.15, -0.1) is 0 Å². The van der Waals surface area contributed by atoms with Crippen LogP contribution >= 0.6 is 0 Å². The van der Waals surface area contributed by atoms with E-state index in [-0.39, 0.29) is 0 Å². The summed E-state index contributed by atoms with van der Waals surface area (Å²) < 4.78 is 5.02. The van der Waals surface area contributed by atoms with Gasteiger partial charge in [-0.1, -0.05) is 18.7 Å². The summed E-state index contributed by atoms with van der Waals surface area (Å²) >= 11 is 0. The quantitative estimate of drug-likeness (QED) is 0.735. The molecule has 0 radical (unpaired) electrons. The summed E-state index contributed by atoms with van der Waals surface area (Å²) in [5.74, 6) is 0.851. The highest BCUT2D eigenvalue weighted by Gasteiger charge is 1.95. The van der Waals surface area contributed by atoms with Gasteiger partial charge < -0.3 is 10.5 Å². The molecule has 0 aliphatic rings. The highest BCUT2D eigenvalue weighted by Crippen LogP contribution is 2.15. The van der Waals surface area contributed by atoms with E-state index in [1.807, 2.05) is 24.3 Å². The van der Waals surface area contributed by atoms with Gasteiger partial charge in [-0.2, -0.15) is 0 Å². The molecule has 1 rings (SSSR count). The maximum Gasteiger partial charge on any atom is 0.118 e. The maximum absolute atomic E-state index is 5.44. The molecule has 0 aromatic heterocycles. The SMILES string of the molecule is C=C(CN)c1ccc(OC)cc1. The first-order chi connectivity index (χ1) is 5.77. The fourth-order valence-electron chi connectivity index (χ4n) is 0.945. The van der Waals surface area contributed by atoms with Gasteiger partial charge in [0.2, 0.25) is 0 Å². The van der Waals surface area contributed by atoms with Crippen molar-refractivity contribution in [3.8, 4) is 5.75 Å². The van der Waals surface area contributed by atoms with Gasteiger partial charge in [0.1, 0.15) is 5.75 Å². The molecule has 0 saturated heterocycles. The standard InChI is InChI=1S/C10H13NO/c1-8(7-11)9-3-5-10(12-2)6-4-9/h3-6H,1,7,11H2,2H3. The van der Waals surface area contributed by atoms with Crippen LogP contribution in [-0.4, -0.2) is 13.7 Å². The number of hydrogen-bond acceptors (Lipinski definition) is 2. The first kappa shape index (κ1) is 8.81. The molecule has 0 fully saturated rings. The van der Waals surface area contributed by atoms with Gasteiger partial charge in [0.15, 0.2) is 0 Å². The van der Waals surface area contributed by atoms with Crippen molar-refractivity contribution in [3.63, 3.8) is 0 Å². The highest BCUT2D eigenvalue weighted by molar-refractivity contribution is 5.64. The average molecular weight is 163 g/mol. The lowest BCUT2D eigenvalue weighted by Crippen LogP contribution is -2.00. The molecule has 12 heavy (non-hydrogen) atoms. The normalized spacial score (nSPS) is 9.50. The Balaban J connectivity index is 2.84. The fraction of sp³-hybridized carbons (Fsp3) is 0.200. The Bertz CT molecular complexity index is 264. The minimum atomic E-state index is 0.492. The van der Waals surface area contributed by atoms with Crippen LogP contribution in [0.4, 0.5) is 0 Å². The summed E-state index contributed by atoms with van der Waals surface area (Å²) in [6.07, 6.45) is 0. The van der Waals surface area contributed by atoms with E-state index in [0.29, 0.717) is 6.54 Å². The number of ether oxygens (including phenoxy) is 1. The summed E-state index contributed by atoms with van der Waals surface area (Å²) in [7, 11) is 1.65. The smallest absolute Gasteiger partial charge is 0.118 e. The van der Waals surface area contributed by atoms with Crippen LogP contribution in [0.1, 0.15) is 5.56 Å². The molecule has 1 aromatic rings. The van der Waals surface area contributed by atoms with Crippen molar-refractivity contribution >= 4 is 5.57 Å². The molecular weight excluding hydrogens is 150 g/mol. The Kier molecular flexibility index (Phi) is 2.88. The average Bonchev–Trinajstić information content (AvgIpc) is 2.17. The van der Waals surface area contributed by atoms with Crippen molar-refractivity contribution in [2.24, 2.45) is 5.73 Å². The van der Waals surface area contributed by atoms with Crippen LogP contribution in [0.15, 0.2) is 30.8 Å². The van der Waals surface area contributed by atoms with Crippen LogP contribution in [0.25, 0.3) is 5.57 Å². The summed E-state index contributed by atoms with van der Waals surface area (Å²) in [5, 5.41) is 0. The van der Waals surface area contributed by atoms with Crippen LogP contribution in [-0.2, 0) is 0 Å². The molecular formula is C10H13NO. The molecule has 0 aliphatic carbocycles. The third kappa shape index (κ3) is 1.86. The first-order valence-corrected chi connectivity index (χ1v) is 3.80. The van der Waals surface area contributed by atoms with Gasteiger partial charge in [-0.05, 0) is 23.3 Å². The maximum atomic E-state index is 5.44. The Morgan fingerprint density at radius 1 is 1.42 bits per heavy atom. The summed E-state index contributed by atoms with van der Waals surface area (Å²) in [6.45, 7) is 4.33. The number of nitrogens with two attached hydrogens (primary N) is 1. The minimum absolute atomic E-state index is 0.492. The Labute approximate surface area is 72.7 Å². The molecule has 2 N–H and O–H groups in total. The second-order valence-electron chi connectivity index (χ2n) is 2.54. The molecule has 0 aliphatic heterocycles. The number of benzene rings is 1. The lowest BCUT2D eigenvalue weighted by atomic mass is 10.1. The zero-order chi connectivity index (χ0) is 8.97. The van der Waals surface area contributed by atoms with Gasteiger partial charge in [-0.25, -0.2) is 0 Å². The van der Waals surface area contributed by atoms with Crippen molar-refractivity contribution in [1.82, 2.24) is 0 Å². The van der Waals surface area contributed by atoms with Gasteiger partial charge in [0.05, 0.1) is 7.11 Å². The van der Waals surface area contributed by atoms with Crippen molar-refractivity contribution in [2.75, 3.05) is 13.7 Å². The van der Waals surface area contributed by atoms with E-state index in [2.05, 4.69) is 6.58 Å². The largest absolute Gasteiger partial charge is 0.497 e. The van der Waals surface area contributed by atoms with Gasteiger partial charge in [0, 0.05) is 6.54 Å². The second kappa shape index (κ2) is 3.93. The third-order valence-electron chi connectivity index (χ3n) is 1.74. The zero-order valence-corrected chi connectivity index (χ0v) is 7.21. The molecule has 1 aromatic carbocycles. The fourth-order valence-corrected chi connectivity index (χ4v) is 0.945. The van der Waals surface area contributed by atoms with Crippen LogP contribution in [0.3, 0.4) is 0 Å². The van der Waals surface area contributed by atoms with Crippen LogP contribution in [0, 0.1) is 0 Å². The molecule has 64 valence electrons. The van der Waals surface area contributed by atoms with E-state index in [1.54, 1.807) is 7.11 Å². The predicted molar refractivity (Wildman–Crippen MR) is 51.1 cm³/mol. The highest BCUT2D eigenvalue weighted by atomic mass is 16.5. The molecule has 2 heteroatoms. The van der Waals surface area contributed by atoms with E-state index in [4.69, 9.17) is 10.5 Å². The number of rotatable bonds is 3. The van der Waals surface area contributed by atoms with E-state index in [9.17, 15) is 0 Å². The Morgan fingerprint density at radius 3 is 2.42 bits per heavy atom. The summed E-state index contributed by atoms with van der Waals surface area (Å²) in [6, 6.07) is 7.70. The zero-order valence-electron chi connectivity index (χ0n) is 7.21. The molecule has 0 heterocycles. The lowest BCUT2D eigenvalue weighted by molar-refractivity contribution is 0.415. The van der Waals surface area contributed by atoms with Crippen LogP contribution in [0.2, 0.25) is 0 Å². The third-order valence-corrected chi connectivity index (χ3v) is 1.74. The Hall–Kier alpha value is -1.28.